The first-order valence-electron chi connectivity index (χ1n) is 12.0. The van der Waals surface area contributed by atoms with Gasteiger partial charge in [-0.3, -0.25) is 9.59 Å². The quantitative estimate of drug-likeness (QED) is 0.451. The lowest BCUT2D eigenvalue weighted by Gasteiger charge is -2.31. The van der Waals surface area contributed by atoms with Crippen molar-refractivity contribution in [1.29, 1.82) is 0 Å². The zero-order chi connectivity index (χ0) is 23.8. The van der Waals surface area contributed by atoms with Crippen LogP contribution in [0.4, 0.5) is 0 Å². The Morgan fingerprint density at radius 1 is 1.09 bits per heavy atom. The maximum Gasteiger partial charge on any atom is 0.261 e. The number of halogens is 1. The number of hydrogen-bond acceptors (Lipinski definition) is 3. The van der Waals surface area contributed by atoms with Crippen molar-refractivity contribution in [3.63, 3.8) is 0 Å². The molecular weight excluding hydrogens is 480 g/mol. The van der Waals surface area contributed by atoms with E-state index in [0.29, 0.717) is 18.7 Å². The Labute approximate surface area is 206 Å². The van der Waals surface area contributed by atoms with Crippen LogP contribution in [0.15, 0.2) is 46.9 Å². The van der Waals surface area contributed by atoms with E-state index in [0.717, 1.165) is 47.7 Å². The second-order valence-corrected chi connectivity index (χ2v) is 9.68. The van der Waals surface area contributed by atoms with Crippen LogP contribution < -0.4 is 10.1 Å². The molecule has 1 N–H and O–H groups in total. The van der Waals surface area contributed by atoms with Crippen molar-refractivity contribution in [1.82, 2.24) is 10.2 Å². The summed E-state index contributed by atoms with van der Waals surface area (Å²) in [5.41, 5.74) is 3.34. The van der Waals surface area contributed by atoms with Crippen LogP contribution >= 0.6 is 15.9 Å². The van der Waals surface area contributed by atoms with Crippen LogP contribution in [-0.4, -0.2) is 35.4 Å². The third-order valence-corrected chi connectivity index (χ3v) is 6.94. The molecule has 0 spiro atoms. The fraction of sp³-hybridized carbons (Fsp3) is 0.481. The predicted octanol–water partition coefficient (Wildman–Crippen LogP) is 5.56. The summed E-state index contributed by atoms with van der Waals surface area (Å²) in [6.45, 7) is 6.33. The number of hydrogen-bond donors (Lipinski definition) is 1. The zero-order valence-corrected chi connectivity index (χ0v) is 21.5. The van der Waals surface area contributed by atoms with Gasteiger partial charge in [-0.05, 0) is 71.8 Å². The molecular formula is C27H35BrN2O3. The third kappa shape index (κ3) is 7.07. The number of aryl methyl sites for hydroxylation is 2. The number of nitrogens with one attached hydrogen (secondary N) is 1. The maximum absolute atomic E-state index is 13.4. The number of carbonyl (C=O) groups excluding carboxylic acids is 2. The van der Waals surface area contributed by atoms with E-state index in [1.165, 1.54) is 5.56 Å². The van der Waals surface area contributed by atoms with E-state index in [-0.39, 0.29) is 24.5 Å². The first-order chi connectivity index (χ1) is 15.9. The molecule has 33 heavy (non-hydrogen) atoms. The van der Waals surface area contributed by atoms with Crippen LogP contribution in [0.1, 0.15) is 62.6 Å². The summed E-state index contributed by atoms with van der Waals surface area (Å²) in [7, 11) is 0. The van der Waals surface area contributed by atoms with E-state index in [2.05, 4.69) is 28.2 Å². The van der Waals surface area contributed by atoms with Gasteiger partial charge in [0.1, 0.15) is 11.8 Å². The lowest BCUT2D eigenvalue weighted by atomic mass is 10.1. The average molecular weight is 515 g/mol. The Morgan fingerprint density at radius 3 is 2.36 bits per heavy atom. The van der Waals surface area contributed by atoms with Crippen LogP contribution in [0, 0.1) is 6.92 Å². The van der Waals surface area contributed by atoms with E-state index in [4.69, 9.17) is 4.74 Å². The van der Waals surface area contributed by atoms with Crippen LogP contribution in [-0.2, 0) is 22.6 Å². The van der Waals surface area contributed by atoms with Crippen molar-refractivity contribution < 1.29 is 14.3 Å². The predicted molar refractivity (Wildman–Crippen MR) is 135 cm³/mol. The first-order valence-corrected chi connectivity index (χ1v) is 12.8. The summed E-state index contributed by atoms with van der Waals surface area (Å²) in [6, 6.07) is 13.6. The molecule has 1 aliphatic rings. The average Bonchev–Trinajstić information content (AvgIpc) is 3.32. The summed E-state index contributed by atoms with van der Waals surface area (Å²) in [5.74, 6) is 0.355. The number of amides is 2. The normalized spacial score (nSPS) is 14.7. The Hall–Kier alpha value is -2.34. The van der Waals surface area contributed by atoms with Gasteiger partial charge in [-0.1, -0.05) is 62.6 Å². The number of rotatable bonds is 10. The van der Waals surface area contributed by atoms with Gasteiger partial charge in [0.2, 0.25) is 5.91 Å². The van der Waals surface area contributed by atoms with Crippen LogP contribution in [0.5, 0.6) is 5.75 Å². The molecule has 2 aromatic carbocycles. The minimum atomic E-state index is -0.533. The standard InChI is InChI=1S/C27H35BrN2O3/c1-4-20-14-15-25(23(28)16-20)33-18-26(31)30(17-21-12-10-19(3)11-13-21)24(5-2)27(32)29-22-8-6-7-9-22/h10-16,22,24H,4-9,17-18H2,1-3H3,(H,29,32)/t24-/m1/s1. The molecule has 2 aromatic rings. The number of nitrogens with zero attached hydrogens (tertiary/aromatic N) is 1. The van der Waals surface area contributed by atoms with Crippen LogP contribution in [0.3, 0.4) is 0 Å². The highest BCUT2D eigenvalue weighted by atomic mass is 79.9. The molecule has 0 bridgehead atoms. The van der Waals surface area contributed by atoms with Gasteiger partial charge < -0.3 is 15.0 Å². The second-order valence-electron chi connectivity index (χ2n) is 8.83. The van der Waals surface area contributed by atoms with Crippen LogP contribution in [0.2, 0.25) is 0 Å². The summed E-state index contributed by atoms with van der Waals surface area (Å²) in [4.78, 5) is 28.2. The molecule has 3 rings (SSSR count). The first kappa shape index (κ1) is 25.3. The van der Waals surface area contributed by atoms with Gasteiger partial charge in [0.15, 0.2) is 6.61 Å². The molecule has 0 unspecified atom stereocenters. The Balaban J connectivity index is 1.76. The largest absolute Gasteiger partial charge is 0.483 e. The highest BCUT2D eigenvalue weighted by molar-refractivity contribution is 9.10. The topological polar surface area (TPSA) is 58.6 Å². The molecule has 0 aliphatic heterocycles. The summed E-state index contributed by atoms with van der Waals surface area (Å²) in [6.07, 6.45) is 5.79. The van der Waals surface area contributed by atoms with Crippen molar-refractivity contribution in [3.8, 4) is 5.75 Å². The second kappa shape index (κ2) is 12.2. The van der Waals surface area contributed by atoms with E-state index in [1.54, 1.807) is 4.90 Å². The summed E-state index contributed by atoms with van der Waals surface area (Å²) >= 11 is 3.54. The number of carbonyl (C=O) groups is 2. The minimum absolute atomic E-state index is 0.0710. The van der Waals surface area contributed by atoms with Crippen LogP contribution in [0.25, 0.3) is 0 Å². The maximum atomic E-state index is 13.4. The van der Waals surface area contributed by atoms with Gasteiger partial charge in [0.05, 0.1) is 4.47 Å². The third-order valence-electron chi connectivity index (χ3n) is 6.32. The monoisotopic (exact) mass is 514 g/mol. The molecule has 1 atom stereocenters. The van der Waals surface area contributed by atoms with Crippen molar-refractivity contribution in [2.45, 2.75) is 77.9 Å². The molecule has 1 fully saturated rings. The minimum Gasteiger partial charge on any atom is -0.483 e. The van der Waals surface area contributed by atoms with Gasteiger partial charge in [-0.25, -0.2) is 0 Å². The lowest BCUT2D eigenvalue weighted by Crippen LogP contribution is -2.52. The Bertz CT molecular complexity index is 939. The van der Waals surface area contributed by atoms with Crippen molar-refractivity contribution in [2.24, 2.45) is 0 Å². The number of ether oxygens (including phenoxy) is 1. The summed E-state index contributed by atoms with van der Waals surface area (Å²) in [5, 5.41) is 3.17. The molecule has 6 heteroatoms. The molecule has 0 aromatic heterocycles. The molecule has 1 saturated carbocycles. The van der Waals surface area contributed by atoms with Gasteiger partial charge in [0, 0.05) is 12.6 Å². The SMILES string of the molecule is CCc1ccc(OCC(=O)N(Cc2ccc(C)cc2)[C@H](CC)C(=O)NC2CCCC2)c(Br)c1. The van der Waals surface area contributed by atoms with E-state index in [9.17, 15) is 9.59 Å². The highest BCUT2D eigenvalue weighted by Crippen LogP contribution is 2.26. The van der Waals surface area contributed by atoms with Crippen molar-refractivity contribution in [2.75, 3.05) is 6.61 Å². The van der Waals surface area contributed by atoms with Gasteiger partial charge in [0.25, 0.3) is 5.91 Å². The van der Waals surface area contributed by atoms with Gasteiger partial charge in [-0.15, -0.1) is 0 Å². The van der Waals surface area contributed by atoms with Crippen molar-refractivity contribution >= 4 is 27.7 Å². The van der Waals surface area contributed by atoms with Gasteiger partial charge in [-0.2, -0.15) is 0 Å². The van der Waals surface area contributed by atoms with Gasteiger partial charge >= 0.3 is 0 Å². The molecule has 1 aliphatic carbocycles. The number of benzene rings is 2. The highest BCUT2D eigenvalue weighted by Gasteiger charge is 2.31. The van der Waals surface area contributed by atoms with Crippen molar-refractivity contribution in [3.05, 3.63) is 63.6 Å². The summed E-state index contributed by atoms with van der Waals surface area (Å²) < 4.78 is 6.70. The Morgan fingerprint density at radius 2 is 1.76 bits per heavy atom. The molecule has 178 valence electrons. The molecule has 0 heterocycles. The molecule has 5 nitrogen and oxygen atoms in total. The fourth-order valence-electron chi connectivity index (χ4n) is 4.28. The molecule has 0 saturated heterocycles. The zero-order valence-electron chi connectivity index (χ0n) is 19.9. The molecule has 2 amide bonds. The Kier molecular flexibility index (Phi) is 9.36. The fourth-order valence-corrected chi connectivity index (χ4v) is 4.82. The smallest absolute Gasteiger partial charge is 0.261 e. The molecule has 0 radical (unpaired) electrons. The van der Waals surface area contributed by atoms with E-state index < -0.39 is 6.04 Å². The lowest BCUT2D eigenvalue weighted by molar-refractivity contribution is -0.143. The van der Waals surface area contributed by atoms with E-state index in [1.807, 2.05) is 56.3 Å². The van der Waals surface area contributed by atoms with E-state index >= 15 is 0 Å².